The van der Waals surface area contributed by atoms with E-state index >= 15 is 0 Å². The van der Waals surface area contributed by atoms with Crippen molar-refractivity contribution in [3.63, 3.8) is 0 Å². The van der Waals surface area contributed by atoms with Crippen LogP contribution in [0.5, 0.6) is 0 Å². The third-order valence-corrected chi connectivity index (χ3v) is 3.66. The zero-order valence-corrected chi connectivity index (χ0v) is 9.85. The van der Waals surface area contributed by atoms with Crippen LogP contribution in [0.3, 0.4) is 0 Å². The van der Waals surface area contributed by atoms with Gasteiger partial charge in [0.1, 0.15) is 0 Å². The van der Waals surface area contributed by atoms with Crippen molar-refractivity contribution < 1.29 is 9.90 Å². The molecule has 0 radical (unpaired) electrons. The molecule has 1 aromatic heterocycles. The molecule has 0 aliphatic carbocycles. The minimum Gasteiger partial charge on any atom is -0.481 e. The second-order valence-corrected chi connectivity index (χ2v) is 4.83. The number of carboxylic acids is 1. The van der Waals surface area contributed by atoms with E-state index in [2.05, 4.69) is 15.9 Å². The van der Waals surface area contributed by atoms with Gasteiger partial charge in [-0.05, 0) is 32.8 Å². The van der Waals surface area contributed by atoms with Crippen LogP contribution in [0.1, 0.15) is 25.3 Å². The van der Waals surface area contributed by atoms with Crippen molar-refractivity contribution >= 4 is 33.2 Å². The minimum atomic E-state index is -0.755. The van der Waals surface area contributed by atoms with Gasteiger partial charge in [0, 0.05) is 9.85 Å². The fourth-order valence-corrected chi connectivity index (χ4v) is 2.87. The van der Waals surface area contributed by atoms with E-state index in [1.54, 1.807) is 0 Å². The van der Waals surface area contributed by atoms with Crippen molar-refractivity contribution in [1.82, 2.24) is 0 Å². The average molecular weight is 263 g/mol. The highest BCUT2D eigenvalue weighted by molar-refractivity contribution is 9.10. The van der Waals surface area contributed by atoms with Gasteiger partial charge in [-0.15, -0.1) is 0 Å². The molecule has 0 saturated carbocycles. The second-order valence-electron chi connectivity index (χ2n) is 3.23. The van der Waals surface area contributed by atoms with Gasteiger partial charge in [0.2, 0.25) is 0 Å². The van der Waals surface area contributed by atoms with Crippen molar-refractivity contribution in [3.8, 4) is 0 Å². The van der Waals surface area contributed by atoms with Crippen LogP contribution in [-0.2, 0) is 4.79 Å². The van der Waals surface area contributed by atoms with Crippen molar-refractivity contribution in [2.75, 3.05) is 0 Å². The first-order valence-corrected chi connectivity index (χ1v) is 5.72. The fraction of sp³-hybridized carbons (Fsp3) is 0.444. The highest BCUT2D eigenvalue weighted by Gasteiger charge is 2.25. The van der Waals surface area contributed by atoms with E-state index in [4.69, 9.17) is 5.11 Å². The summed E-state index contributed by atoms with van der Waals surface area (Å²) in [5.74, 6) is -1.04. The van der Waals surface area contributed by atoms with Crippen LogP contribution in [-0.4, -0.2) is 11.1 Å². The first-order valence-electron chi connectivity index (χ1n) is 3.98. The van der Waals surface area contributed by atoms with Crippen molar-refractivity contribution in [2.45, 2.75) is 19.8 Å². The lowest BCUT2D eigenvalue weighted by Crippen LogP contribution is -2.17. The van der Waals surface area contributed by atoms with Crippen LogP contribution in [0.2, 0.25) is 0 Å². The summed E-state index contributed by atoms with van der Waals surface area (Å²) < 4.78 is 0.901. The number of hydrogen-bond acceptors (Lipinski definition) is 2. The fourth-order valence-electron chi connectivity index (χ4n) is 1.29. The molecule has 1 aromatic rings. The molecule has 72 valence electrons. The molecule has 4 heteroatoms. The number of carbonyl (C=O) groups is 1. The van der Waals surface area contributed by atoms with Crippen molar-refractivity contribution in [2.24, 2.45) is 5.92 Å². The van der Waals surface area contributed by atoms with Crippen LogP contribution in [0.15, 0.2) is 15.2 Å². The van der Waals surface area contributed by atoms with Gasteiger partial charge in [-0.2, -0.15) is 11.3 Å². The van der Waals surface area contributed by atoms with E-state index in [0.717, 1.165) is 10.0 Å². The summed E-state index contributed by atoms with van der Waals surface area (Å²) >= 11 is 4.87. The molecular formula is C9H11BrO2S. The van der Waals surface area contributed by atoms with E-state index < -0.39 is 11.9 Å². The van der Waals surface area contributed by atoms with Crippen molar-refractivity contribution in [3.05, 3.63) is 20.8 Å². The summed E-state index contributed by atoms with van der Waals surface area (Å²) in [6.07, 6.45) is 0. The minimum absolute atomic E-state index is 0.114. The lowest BCUT2D eigenvalue weighted by molar-refractivity contribution is -0.139. The van der Waals surface area contributed by atoms with Gasteiger partial charge >= 0.3 is 5.97 Å². The Morgan fingerprint density at radius 2 is 2.15 bits per heavy atom. The molecule has 0 aliphatic heterocycles. The largest absolute Gasteiger partial charge is 0.481 e. The molecule has 1 atom stereocenters. The average Bonchev–Trinajstić information content (AvgIpc) is 2.35. The normalized spacial score (nSPS) is 13.2. The molecule has 0 aromatic carbocycles. The molecule has 0 aliphatic rings. The predicted molar refractivity (Wildman–Crippen MR) is 57.2 cm³/mol. The summed E-state index contributed by atoms with van der Waals surface area (Å²) in [7, 11) is 0. The first kappa shape index (κ1) is 10.7. The summed E-state index contributed by atoms with van der Waals surface area (Å²) in [4.78, 5) is 11.0. The quantitative estimate of drug-likeness (QED) is 0.908. The first-order chi connectivity index (χ1) is 6.04. The van der Waals surface area contributed by atoms with E-state index in [-0.39, 0.29) is 5.92 Å². The summed E-state index contributed by atoms with van der Waals surface area (Å²) in [5, 5.41) is 12.8. The SMILES string of the molecule is CC(C)C(C(=O)O)c1cscc1Br. The Morgan fingerprint density at radius 3 is 2.46 bits per heavy atom. The van der Waals surface area contributed by atoms with Gasteiger partial charge in [-0.25, -0.2) is 0 Å². The maximum Gasteiger partial charge on any atom is 0.311 e. The summed E-state index contributed by atoms with van der Waals surface area (Å²) in [6, 6.07) is 0. The number of hydrogen-bond donors (Lipinski definition) is 1. The molecule has 1 rings (SSSR count). The van der Waals surface area contributed by atoms with Crippen LogP contribution in [0, 0.1) is 5.92 Å². The molecule has 0 amide bonds. The van der Waals surface area contributed by atoms with Gasteiger partial charge in [0.05, 0.1) is 5.92 Å². The third-order valence-electron chi connectivity index (χ3n) is 1.91. The van der Waals surface area contributed by atoms with Crippen LogP contribution < -0.4 is 0 Å². The topological polar surface area (TPSA) is 37.3 Å². The highest BCUT2D eigenvalue weighted by atomic mass is 79.9. The zero-order valence-electron chi connectivity index (χ0n) is 7.45. The molecule has 2 nitrogen and oxygen atoms in total. The Bertz CT molecular complexity index is 306. The standard InChI is InChI=1S/C9H11BrO2S/c1-5(2)8(9(11)12)6-3-13-4-7(6)10/h3-5,8H,1-2H3,(H,11,12). The van der Waals surface area contributed by atoms with E-state index in [1.165, 1.54) is 11.3 Å². The Labute approximate surface area is 89.7 Å². The number of rotatable bonds is 3. The lowest BCUT2D eigenvalue weighted by Gasteiger charge is -2.15. The molecule has 0 bridgehead atoms. The van der Waals surface area contributed by atoms with E-state index in [9.17, 15) is 4.79 Å². The number of halogens is 1. The van der Waals surface area contributed by atoms with Gasteiger partial charge in [0.15, 0.2) is 0 Å². The zero-order chi connectivity index (χ0) is 10.0. The number of carboxylic acid groups (broad SMARTS) is 1. The molecular weight excluding hydrogens is 252 g/mol. The van der Waals surface area contributed by atoms with Gasteiger partial charge in [-0.3, -0.25) is 4.79 Å². The van der Waals surface area contributed by atoms with Gasteiger partial charge in [0.25, 0.3) is 0 Å². The summed E-state index contributed by atoms with van der Waals surface area (Å²) in [6.45, 7) is 3.84. The van der Waals surface area contributed by atoms with Crippen LogP contribution in [0.25, 0.3) is 0 Å². The van der Waals surface area contributed by atoms with E-state index in [1.807, 2.05) is 24.6 Å². The molecule has 0 spiro atoms. The van der Waals surface area contributed by atoms with Crippen LogP contribution >= 0.6 is 27.3 Å². The maximum absolute atomic E-state index is 11.0. The molecule has 1 unspecified atom stereocenters. The Hall–Kier alpha value is -0.350. The van der Waals surface area contributed by atoms with Crippen LogP contribution in [0.4, 0.5) is 0 Å². The second kappa shape index (κ2) is 4.24. The monoisotopic (exact) mass is 262 g/mol. The molecule has 13 heavy (non-hydrogen) atoms. The molecule has 1 N–H and O–H groups in total. The lowest BCUT2D eigenvalue weighted by atomic mass is 9.90. The third kappa shape index (κ3) is 2.31. The van der Waals surface area contributed by atoms with Gasteiger partial charge < -0.3 is 5.11 Å². The van der Waals surface area contributed by atoms with Crippen molar-refractivity contribution in [1.29, 1.82) is 0 Å². The van der Waals surface area contributed by atoms with E-state index in [0.29, 0.717) is 0 Å². The maximum atomic E-state index is 11.0. The Kier molecular flexibility index (Phi) is 3.50. The smallest absolute Gasteiger partial charge is 0.311 e. The Balaban J connectivity index is 3.02. The number of aliphatic carboxylic acids is 1. The molecule has 0 fully saturated rings. The predicted octanol–water partition coefficient (Wildman–Crippen LogP) is 3.33. The molecule has 1 heterocycles. The number of thiophene rings is 1. The highest BCUT2D eigenvalue weighted by Crippen LogP contribution is 2.33. The summed E-state index contributed by atoms with van der Waals surface area (Å²) in [5.41, 5.74) is 0.882. The Morgan fingerprint density at radius 1 is 1.54 bits per heavy atom. The van der Waals surface area contributed by atoms with Gasteiger partial charge in [-0.1, -0.05) is 13.8 Å². The molecule has 0 saturated heterocycles.